The van der Waals surface area contributed by atoms with Crippen molar-refractivity contribution in [3.63, 3.8) is 0 Å². The molecule has 0 aromatic carbocycles. The van der Waals surface area contributed by atoms with Gasteiger partial charge in [0, 0.05) is 6.54 Å². The topological polar surface area (TPSA) is 15.3 Å². The number of piperidine rings is 1. The third kappa shape index (κ3) is 4.42. The van der Waals surface area contributed by atoms with Crippen LogP contribution in [0, 0.1) is 11.8 Å². The fourth-order valence-electron chi connectivity index (χ4n) is 2.81. The molecule has 0 amide bonds. The van der Waals surface area contributed by atoms with Gasteiger partial charge in [-0.25, -0.2) is 0 Å². The number of nitrogens with zero attached hydrogens (tertiary/aromatic N) is 1. The summed E-state index contributed by atoms with van der Waals surface area (Å²) in [4.78, 5) is 2.72. The van der Waals surface area contributed by atoms with E-state index in [1.165, 1.54) is 71.2 Å². The van der Waals surface area contributed by atoms with Crippen LogP contribution in [-0.4, -0.2) is 37.6 Å². The number of nitrogens with one attached hydrogen (secondary N) is 1. The largest absolute Gasteiger partial charge is 0.317 e. The van der Waals surface area contributed by atoms with Gasteiger partial charge in [0.15, 0.2) is 0 Å². The molecule has 0 aromatic heterocycles. The van der Waals surface area contributed by atoms with Crippen LogP contribution in [0.25, 0.3) is 0 Å². The molecule has 2 heteroatoms. The van der Waals surface area contributed by atoms with Crippen molar-refractivity contribution in [3.8, 4) is 0 Å². The Balaban J connectivity index is 1.63. The van der Waals surface area contributed by atoms with Crippen molar-refractivity contribution in [1.82, 2.24) is 10.2 Å². The lowest BCUT2D eigenvalue weighted by atomic mass is 9.94. The van der Waals surface area contributed by atoms with Gasteiger partial charge in [0.05, 0.1) is 0 Å². The average Bonchev–Trinajstić information content (AvgIpc) is 3.12. The van der Waals surface area contributed by atoms with Crippen LogP contribution in [0.1, 0.15) is 45.4 Å². The van der Waals surface area contributed by atoms with Crippen molar-refractivity contribution in [2.75, 3.05) is 32.7 Å². The maximum Gasteiger partial charge on any atom is 0.000966 e. The van der Waals surface area contributed by atoms with E-state index in [4.69, 9.17) is 0 Å². The van der Waals surface area contributed by atoms with E-state index >= 15 is 0 Å². The summed E-state index contributed by atoms with van der Waals surface area (Å²) >= 11 is 0. The van der Waals surface area contributed by atoms with Crippen molar-refractivity contribution in [3.05, 3.63) is 0 Å². The number of rotatable bonds is 7. The molecular formula is C14H28N2. The molecule has 0 spiro atoms. The molecule has 0 unspecified atom stereocenters. The van der Waals surface area contributed by atoms with Crippen molar-refractivity contribution in [2.24, 2.45) is 11.8 Å². The van der Waals surface area contributed by atoms with Gasteiger partial charge in [-0.05, 0) is 76.5 Å². The highest BCUT2D eigenvalue weighted by Gasteiger charge is 2.24. The molecule has 1 N–H and O–H groups in total. The molecule has 2 nitrogen and oxygen atoms in total. The van der Waals surface area contributed by atoms with Crippen molar-refractivity contribution in [2.45, 2.75) is 45.4 Å². The van der Waals surface area contributed by atoms with E-state index in [0.717, 1.165) is 11.8 Å². The normalized spacial score (nSPS) is 22.9. The zero-order chi connectivity index (χ0) is 11.2. The molecule has 94 valence electrons. The highest BCUT2D eigenvalue weighted by molar-refractivity contribution is 4.78. The molecule has 2 fully saturated rings. The molecule has 1 saturated heterocycles. The average molecular weight is 224 g/mol. The van der Waals surface area contributed by atoms with Crippen LogP contribution in [0.3, 0.4) is 0 Å². The second-order valence-electron chi connectivity index (χ2n) is 5.73. The maximum absolute atomic E-state index is 3.46. The first-order valence-corrected chi connectivity index (χ1v) is 7.31. The van der Waals surface area contributed by atoms with Crippen LogP contribution in [-0.2, 0) is 0 Å². The van der Waals surface area contributed by atoms with Gasteiger partial charge in [-0.2, -0.15) is 0 Å². The second-order valence-corrected chi connectivity index (χ2v) is 5.73. The smallest absolute Gasteiger partial charge is 0.000966 e. The van der Waals surface area contributed by atoms with Gasteiger partial charge < -0.3 is 10.2 Å². The fourth-order valence-corrected chi connectivity index (χ4v) is 2.81. The third-order valence-corrected chi connectivity index (χ3v) is 4.07. The molecule has 1 saturated carbocycles. The summed E-state index contributed by atoms with van der Waals surface area (Å²) in [5.41, 5.74) is 0. The van der Waals surface area contributed by atoms with Crippen LogP contribution in [0.5, 0.6) is 0 Å². The van der Waals surface area contributed by atoms with Gasteiger partial charge in [0.2, 0.25) is 0 Å². The van der Waals surface area contributed by atoms with E-state index in [2.05, 4.69) is 17.1 Å². The molecule has 0 atom stereocenters. The van der Waals surface area contributed by atoms with Crippen molar-refractivity contribution < 1.29 is 0 Å². The first kappa shape index (κ1) is 12.4. The van der Waals surface area contributed by atoms with Gasteiger partial charge in [-0.3, -0.25) is 0 Å². The monoisotopic (exact) mass is 224 g/mol. The molecule has 0 aromatic rings. The lowest BCUT2D eigenvalue weighted by Gasteiger charge is -2.27. The van der Waals surface area contributed by atoms with E-state index in [-0.39, 0.29) is 0 Å². The Labute approximate surface area is 101 Å². The third-order valence-electron chi connectivity index (χ3n) is 4.07. The first-order valence-electron chi connectivity index (χ1n) is 7.31. The predicted molar refractivity (Wildman–Crippen MR) is 69.7 cm³/mol. The Kier molecular flexibility index (Phi) is 5.11. The van der Waals surface area contributed by atoms with Crippen LogP contribution >= 0.6 is 0 Å². The van der Waals surface area contributed by atoms with Gasteiger partial charge in [0.25, 0.3) is 0 Å². The molecule has 0 bridgehead atoms. The molecule has 2 aliphatic rings. The standard InChI is InChI=1S/C14H28N2/c1-2-10-16(12-14-3-4-14)11-7-13-5-8-15-9-6-13/h13-15H,2-12H2,1H3. The van der Waals surface area contributed by atoms with E-state index in [1.54, 1.807) is 0 Å². The summed E-state index contributed by atoms with van der Waals surface area (Å²) in [6, 6.07) is 0. The van der Waals surface area contributed by atoms with Crippen molar-refractivity contribution >= 4 is 0 Å². The van der Waals surface area contributed by atoms with E-state index in [0.29, 0.717) is 0 Å². The molecule has 0 radical (unpaired) electrons. The van der Waals surface area contributed by atoms with E-state index < -0.39 is 0 Å². The van der Waals surface area contributed by atoms with Gasteiger partial charge in [-0.1, -0.05) is 6.92 Å². The van der Waals surface area contributed by atoms with Gasteiger partial charge >= 0.3 is 0 Å². The van der Waals surface area contributed by atoms with Crippen LogP contribution in [0.15, 0.2) is 0 Å². The van der Waals surface area contributed by atoms with Crippen LogP contribution in [0.2, 0.25) is 0 Å². The number of hydrogen-bond acceptors (Lipinski definition) is 2. The molecule has 1 aliphatic carbocycles. The van der Waals surface area contributed by atoms with Crippen molar-refractivity contribution in [1.29, 1.82) is 0 Å². The summed E-state index contributed by atoms with van der Waals surface area (Å²) < 4.78 is 0. The van der Waals surface area contributed by atoms with Gasteiger partial charge in [-0.15, -0.1) is 0 Å². The molecular weight excluding hydrogens is 196 g/mol. The second kappa shape index (κ2) is 6.61. The van der Waals surface area contributed by atoms with E-state index in [1.807, 2.05) is 0 Å². The SMILES string of the molecule is CCCN(CCC1CCNCC1)CC1CC1. The molecule has 1 aliphatic heterocycles. The minimum absolute atomic E-state index is 1.000. The highest BCUT2D eigenvalue weighted by atomic mass is 15.1. The van der Waals surface area contributed by atoms with E-state index in [9.17, 15) is 0 Å². The zero-order valence-electron chi connectivity index (χ0n) is 10.9. The molecule has 16 heavy (non-hydrogen) atoms. The quantitative estimate of drug-likeness (QED) is 0.715. The molecule has 1 heterocycles. The summed E-state index contributed by atoms with van der Waals surface area (Å²) in [5.74, 6) is 2.05. The Bertz CT molecular complexity index is 183. The minimum atomic E-state index is 1.000. The fraction of sp³-hybridized carbons (Fsp3) is 1.00. The summed E-state index contributed by atoms with van der Waals surface area (Å²) in [5, 5.41) is 3.46. The Morgan fingerprint density at radius 1 is 1.00 bits per heavy atom. The first-order chi connectivity index (χ1) is 7.88. The lowest BCUT2D eigenvalue weighted by molar-refractivity contribution is 0.228. The predicted octanol–water partition coefficient (Wildman–Crippen LogP) is 2.50. The molecule has 2 rings (SSSR count). The van der Waals surface area contributed by atoms with Gasteiger partial charge in [0.1, 0.15) is 0 Å². The zero-order valence-corrected chi connectivity index (χ0v) is 10.9. The summed E-state index contributed by atoms with van der Waals surface area (Å²) in [7, 11) is 0. The Morgan fingerprint density at radius 2 is 1.75 bits per heavy atom. The Hall–Kier alpha value is -0.0800. The minimum Gasteiger partial charge on any atom is -0.317 e. The lowest BCUT2D eigenvalue weighted by Crippen LogP contribution is -2.32. The van der Waals surface area contributed by atoms with Crippen LogP contribution < -0.4 is 5.32 Å². The Morgan fingerprint density at radius 3 is 2.38 bits per heavy atom. The van der Waals surface area contributed by atoms with Crippen LogP contribution in [0.4, 0.5) is 0 Å². The highest BCUT2D eigenvalue weighted by Crippen LogP contribution is 2.30. The number of hydrogen-bond donors (Lipinski definition) is 1. The summed E-state index contributed by atoms with van der Waals surface area (Å²) in [6.45, 7) is 8.88. The maximum atomic E-state index is 3.46. The summed E-state index contributed by atoms with van der Waals surface area (Å²) in [6.07, 6.45) is 8.56.